The molecule has 0 amide bonds. The highest BCUT2D eigenvalue weighted by molar-refractivity contribution is 5.09. The fourth-order valence-corrected chi connectivity index (χ4v) is 1.57. The minimum Gasteiger partial charge on any atom is -0.381 e. The summed E-state index contributed by atoms with van der Waals surface area (Å²) >= 11 is 0. The van der Waals surface area contributed by atoms with Gasteiger partial charge in [0.2, 0.25) is 5.95 Å². The minimum atomic E-state index is 0.307. The average Bonchev–Trinajstić information content (AvgIpc) is 2.66. The standard InChI is InChI=1S/C9H16N4O2/c10-9-11-7-13(12-9)3-6-15-8-1-4-14-5-2-8/h7-8H,1-6H2,(H2,10,12). The van der Waals surface area contributed by atoms with Crippen molar-refractivity contribution >= 4 is 5.95 Å². The number of ether oxygens (including phenoxy) is 2. The molecule has 0 unspecified atom stereocenters. The molecule has 0 saturated carbocycles. The van der Waals surface area contributed by atoms with Crippen molar-refractivity contribution in [3.8, 4) is 0 Å². The summed E-state index contributed by atoms with van der Waals surface area (Å²) in [5, 5.41) is 3.97. The molecular weight excluding hydrogens is 196 g/mol. The van der Waals surface area contributed by atoms with Crippen LogP contribution in [0.4, 0.5) is 5.95 Å². The van der Waals surface area contributed by atoms with Crippen LogP contribution in [0.25, 0.3) is 0 Å². The average molecular weight is 212 g/mol. The molecule has 6 nitrogen and oxygen atoms in total. The van der Waals surface area contributed by atoms with E-state index in [-0.39, 0.29) is 0 Å². The summed E-state index contributed by atoms with van der Waals surface area (Å²) in [6, 6.07) is 0. The first-order chi connectivity index (χ1) is 7.34. The first-order valence-electron chi connectivity index (χ1n) is 5.19. The molecule has 0 spiro atoms. The van der Waals surface area contributed by atoms with Crippen LogP contribution in [-0.2, 0) is 16.0 Å². The molecule has 1 aromatic rings. The number of anilines is 1. The van der Waals surface area contributed by atoms with Crippen LogP contribution in [0.2, 0.25) is 0 Å². The highest BCUT2D eigenvalue weighted by Gasteiger charge is 2.13. The van der Waals surface area contributed by atoms with E-state index in [1.807, 2.05) is 0 Å². The molecule has 0 bridgehead atoms. The van der Waals surface area contributed by atoms with Gasteiger partial charge in [0.15, 0.2) is 0 Å². The predicted octanol–water partition coefficient (Wildman–Crippen LogP) is 0.0559. The van der Waals surface area contributed by atoms with Crippen molar-refractivity contribution in [2.45, 2.75) is 25.5 Å². The lowest BCUT2D eigenvalue weighted by molar-refractivity contribution is -0.0344. The molecule has 15 heavy (non-hydrogen) atoms. The number of hydrogen-bond acceptors (Lipinski definition) is 5. The second kappa shape index (κ2) is 5.09. The number of aromatic nitrogens is 3. The van der Waals surface area contributed by atoms with E-state index in [9.17, 15) is 0 Å². The van der Waals surface area contributed by atoms with Crippen LogP contribution in [0.15, 0.2) is 6.33 Å². The molecule has 0 aliphatic carbocycles. The lowest BCUT2D eigenvalue weighted by Crippen LogP contribution is -2.24. The van der Waals surface area contributed by atoms with Crippen molar-refractivity contribution < 1.29 is 9.47 Å². The van der Waals surface area contributed by atoms with Crippen LogP contribution >= 0.6 is 0 Å². The van der Waals surface area contributed by atoms with Crippen molar-refractivity contribution in [2.24, 2.45) is 0 Å². The molecule has 2 heterocycles. The van der Waals surface area contributed by atoms with Gasteiger partial charge in [-0.15, -0.1) is 5.10 Å². The summed E-state index contributed by atoms with van der Waals surface area (Å²) in [6.45, 7) is 2.96. The lowest BCUT2D eigenvalue weighted by Gasteiger charge is -2.22. The van der Waals surface area contributed by atoms with E-state index in [0.717, 1.165) is 26.1 Å². The van der Waals surface area contributed by atoms with Crippen LogP contribution in [-0.4, -0.2) is 40.7 Å². The molecule has 1 aromatic heterocycles. The molecule has 2 N–H and O–H groups in total. The van der Waals surface area contributed by atoms with E-state index in [1.165, 1.54) is 0 Å². The van der Waals surface area contributed by atoms with Crippen LogP contribution in [0.1, 0.15) is 12.8 Å². The van der Waals surface area contributed by atoms with Crippen LogP contribution in [0, 0.1) is 0 Å². The molecule has 0 radical (unpaired) electrons. The molecule has 0 aromatic carbocycles. The topological polar surface area (TPSA) is 75.2 Å². The Morgan fingerprint density at radius 1 is 1.53 bits per heavy atom. The van der Waals surface area contributed by atoms with E-state index in [4.69, 9.17) is 15.2 Å². The van der Waals surface area contributed by atoms with Crippen molar-refractivity contribution in [1.29, 1.82) is 0 Å². The first kappa shape index (κ1) is 10.4. The maximum Gasteiger partial charge on any atom is 0.239 e. The second-order valence-corrected chi connectivity index (χ2v) is 3.55. The number of nitrogens with zero attached hydrogens (tertiary/aromatic N) is 3. The Bertz CT molecular complexity index is 296. The SMILES string of the molecule is Nc1ncn(CCOC2CCOCC2)n1. The van der Waals surface area contributed by atoms with Gasteiger partial charge < -0.3 is 15.2 Å². The zero-order valence-corrected chi connectivity index (χ0v) is 8.63. The lowest BCUT2D eigenvalue weighted by atomic mass is 10.2. The summed E-state index contributed by atoms with van der Waals surface area (Å²) in [7, 11) is 0. The smallest absolute Gasteiger partial charge is 0.239 e. The van der Waals surface area contributed by atoms with Crippen LogP contribution < -0.4 is 5.73 Å². The van der Waals surface area contributed by atoms with Crippen molar-refractivity contribution in [2.75, 3.05) is 25.6 Å². The van der Waals surface area contributed by atoms with E-state index < -0.39 is 0 Å². The Kier molecular flexibility index (Phi) is 3.52. The van der Waals surface area contributed by atoms with Crippen LogP contribution in [0.3, 0.4) is 0 Å². The monoisotopic (exact) mass is 212 g/mol. The quantitative estimate of drug-likeness (QED) is 0.763. The largest absolute Gasteiger partial charge is 0.381 e. The zero-order valence-electron chi connectivity index (χ0n) is 8.63. The van der Waals surface area contributed by atoms with Crippen molar-refractivity contribution in [1.82, 2.24) is 14.8 Å². The van der Waals surface area contributed by atoms with Crippen molar-refractivity contribution in [3.63, 3.8) is 0 Å². The number of hydrogen-bond donors (Lipinski definition) is 1. The van der Waals surface area contributed by atoms with E-state index in [1.54, 1.807) is 11.0 Å². The van der Waals surface area contributed by atoms with Gasteiger partial charge in [-0.05, 0) is 12.8 Å². The molecule has 1 aliphatic rings. The Morgan fingerprint density at radius 3 is 3.00 bits per heavy atom. The van der Waals surface area contributed by atoms with Gasteiger partial charge in [0.25, 0.3) is 0 Å². The molecule has 84 valence electrons. The summed E-state index contributed by atoms with van der Waals surface area (Å²) in [4.78, 5) is 3.84. The third kappa shape index (κ3) is 3.17. The Labute approximate surface area is 88.4 Å². The van der Waals surface area contributed by atoms with Gasteiger partial charge in [0, 0.05) is 13.2 Å². The maximum atomic E-state index is 5.69. The number of nitrogens with two attached hydrogens (primary N) is 1. The van der Waals surface area contributed by atoms with Gasteiger partial charge in [0.05, 0.1) is 19.3 Å². The van der Waals surface area contributed by atoms with Gasteiger partial charge in [-0.25, -0.2) is 9.67 Å². The molecule has 1 saturated heterocycles. The van der Waals surface area contributed by atoms with Gasteiger partial charge in [-0.2, -0.15) is 0 Å². The maximum absolute atomic E-state index is 5.69. The predicted molar refractivity (Wildman–Crippen MR) is 54.2 cm³/mol. The van der Waals surface area contributed by atoms with Gasteiger partial charge in [0.1, 0.15) is 6.33 Å². The Hall–Kier alpha value is -1.14. The van der Waals surface area contributed by atoms with Gasteiger partial charge in [-0.3, -0.25) is 0 Å². The van der Waals surface area contributed by atoms with E-state index in [2.05, 4.69) is 10.1 Å². The summed E-state index contributed by atoms with van der Waals surface area (Å²) in [5.41, 5.74) is 5.39. The van der Waals surface area contributed by atoms with Gasteiger partial charge in [-0.1, -0.05) is 0 Å². The summed E-state index contributed by atoms with van der Waals surface area (Å²) in [6.07, 6.45) is 3.92. The third-order valence-electron chi connectivity index (χ3n) is 2.40. The molecular formula is C9H16N4O2. The first-order valence-corrected chi connectivity index (χ1v) is 5.19. The molecule has 1 aliphatic heterocycles. The highest BCUT2D eigenvalue weighted by atomic mass is 16.5. The third-order valence-corrected chi connectivity index (χ3v) is 2.40. The summed E-state index contributed by atoms with van der Waals surface area (Å²) in [5.74, 6) is 0.307. The Balaban J connectivity index is 1.65. The fourth-order valence-electron chi connectivity index (χ4n) is 1.57. The fraction of sp³-hybridized carbons (Fsp3) is 0.778. The normalized spacial score (nSPS) is 18.1. The van der Waals surface area contributed by atoms with Gasteiger partial charge >= 0.3 is 0 Å². The Morgan fingerprint density at radius 2 is 2.33 bits per heavy atom. The molecule has 0 atom stereocenters. The molecule has 2 rings (SSSR count). The molecule has 6 heteroatoms. The number of rotatable bonds is 4. The number of nitrogen functional groups attached to an aromatic ring is 1. The van der Waals surface area contributed by atoms with E-state index in [0.29, 0.717) is 25.2 Å². The zero-order chi connectivity index (χ0) is 10.5. The highest BCUT2D eigenvalue weighted by Crippen LogP contribution is 2.10. The molecule has 1 fully saturated rings. The van der Waals surface area contributed by atoms with E-state index >= 15 is 0 Å². The van der Waals surface area contributed by atoms with Crippen LogP contribution in [0.5, 0.6) is 0 Å². The minimum absolute atomic E-state index is 0.307. The second-order valence-electron chi connectivity index (χ2n) is 3.55. The summed E-state index contributed by atoms with van der Waals surface area (Å²) < 4.78 is 12.6. The van der Waals surface area contributed by atoms with Crippen molar-refractivity contribution in [3.05, 3.63) is 6.33 Å².